The van der Waals surface area contributed by atoms with E-state index in [1.165, 1.54) is 0 Å². The Morgan fingerprint density at radius 2 is 2.25 bits per heavy atom. The molecule has 0 bridgehead atoms. The topological polar surface area (TPSA) is 46.3 Å². The van der Waals surface area contributed by atoms with Gasteiger partial charge in [-0.1, -0.05) is 0 Å². The molecule has 1 aromatic heterocycles. The fourth-order valence-corrected chi connectivity index (χ4v) is 0.913. The molecule has 1 rings (SSSR count). The van der Waals surface area contributed by atoms with Gasteiger partial charge in [0.05, 0.1) is 12.2 Å². The second kappa shape index (κ2) is 3.49. The molecule has 66 valence electrons. The van der Waals surface area contributed by atoms with Gasteiger partial charge in [0, 0.05) is 0 Å². The summed E-state index contributed by atoms with van der Waals surface area (Å²) in [5.74, 6) is 0.909. The van der Waals surface area contributed by atoms with E-state index < -0.39 is 0 Å². The molecule has 4 nitrogen and oxygen atoms in total. The summed E-state index contributed by atoms with van der Waals surface area (Å²) in [6, 6.07) is 0. The van der Waals surface area contributed by atoms with Crippen LogP contribution in [0.25, 0.3) is 0 Å². The zero-order valence-corrected chi connectivity index (χ0v) is 7.50. The molecule has 0 aromatic carbocycles. The lowest BCUT2D eigenvalue weighted by Gasteiger charge is -2.03. The van der Waals surface area contributed by atoms with Crippen molar-refractivity contribution in [2.24, 2.45) is 0 Å². The van der Waals surface area contributed by atoms with Crippen LogP contribution in [0.1, 0.15) is 22.1 Å². The number of aromatic nitrogens is 1. The Bertz CT molecular complexity index is 279. The minimum absolute atomic E-state index is 0.326. The number of hydrogen-bond acceptors (Lipinski definition) is 4. The van der Waals surface area contributed by atoms with E-state index in [9.17, 15) is 4.79 Å². The van der Waals surface area contributed by atoms with Gasteiger partial charge in [0.1, 0.15) is 0 Å². The number of rotatable bonds is 3. The third-order valence-electron chi connectivity index (χ3n) is 1.44. The van der Waals surface area contributed by atoms with E-state index in [1.807, 2.05) is 19.0 Å². The summed E-state index contributed by atoms with van der Waals surface area (Å²) in [7, 11) is 3.83. The average molecular weight is 168 g/mol. The normalized spacial score (nSPS) is 10.7. The Kier molecular flexibility index (Phi) is 2.60. The van der Waals surface area contributed by atoms with Crippen LogP contribution < -0.4 is 0 Å². The highest BCUT2D eigenvalue weighted by atomic mass is 16.4. The van der Waals surface area contributed by atoms with Crippen molar-refractivity contribution in [1.82, 2.24) is 9.88 Å². The number of carbonyl (C=O) groups excluding carboxylic acids is 1. The van der Waals surface area contributed by atoms with Crippen molar-refractivity contribution in [3.63, 3.8) is 0 Å². The second-order valence-electron chi connectivity index (χ2n) is 2.91. The van der Waals surface area contributed by atoms with E-state index >= 15 is 0 Å². The monoisotopic (exact) mass is 168 g/mol. The Labute approximate surface area is 71.2 Å². The number of aldehydes is 1. The number of hydrogen-bond donors (Lipinski definition) is 0. The van der Waals surface area contributed by atoms with Crippen molar-refractivity contribution in [1.29, 1.82) is 0 Å². The van der Waals surface area contributed by atoms with Crippen molar-refractivity contribution < 1.29 is 9.21 Å². The molecular formula is C8H12N2O2. The van der Waals surface area contributed by atoms with Gasteiger partial charge in [-0.05, 0) is 21.0 Å². The number of oxazole rings is 1. The van der Waals surface area contributed by atoms with Gasteiger partial charge in [-0.15, -0.1) is 0 Å². The summed E-state index contributed by atoms with van der Waals surface area (Å²) >= 11 is 0. The molecule has 0 aliphatic rings. The first-order valence-electron chi connectivity index (χ1n) is 3.69. The van der Waals surface area contributed by atoms with Gasteiger partial charge in [0.25, 0.3) is 0 Å². The largest absolute Gasteiger partial charge is 0.436 e. The van der Waals surface area contributed by atoms with E-state index in [0.29, 0.717) is 30.2 Å². The van der Waals surface area contributed by atoms with E-state index in [4.69, 9.17) is 4.42 Å². The number of aryl methyl sites for hydroxylation is 1. The smallest absolute Gasteiger partial charge is 0.209 e. The highest BCUT2D eigenvalue weighted by molar-refractivity contribution is 5.71. The van der Waals surface area contributed by atoms with Crippen molar-refractivity contribution >= 4 is 6.29 Å². The molecule has 0 N–H and O–H groups in total. The Balaban J connectivity index is 2.82. The first kappa shape index (κ1) is 8.93. The summed E-state index contributed by atoms with van der Waals surface area (Å²) in [6.45, 7) is 2.38. The standard InChI is InChI=1S/C8H12N2O2/c1-6-7(5-11)12-8(9-6)4-10(2)3/h5H,4H2,1-3H3. The Morgan fingerprint density at radius 3 is 2.67 bits per heavy atom. The first-order chi connectivity index (χ1) is 5.63. The maximum absolute atomic E-state index is 10.4. The second-order valence-corrected chi connectivity index (χ2v) is 2.91. The lowest BCUT2D eigenvalue weighted by atomic mass is 10.4. The van der Waals surface area contributed by atoms with Gasteiger partial charge in [0.15, 0.2) is 12.0 Å². The van der Waals surface area contributed by atoms with Gasteiger partial charge in [0.2, 0.25) is 5.89 Å². The Hall–Kier alpha value is -1.16. The minimum Gasteiger partial charge on any atom is -0.436 e. The predicted octanol–water partition coefficient (Wildman–Crippen LogP) is 0.857. The Morgan fingerprint density at radius 1 is 1.58 bits per heavy atom. The summed E-state index contributed by atoms with van der Waals surface area (Å²) in [6.07, 6.45) is 0.682. The third-order valence-corrected chi connectivity index (χ3v) is 1.44. The zero-order chi connectivity index (χ0) is 9.14. The van der Waals surface area contributed by atoms with E-state index in [-0.39, 0.29) is 0 Å². The van der Waals surface area contributed by atoms with Crippen LogP contribution in [-0.2, 0) is 6.54 Å². The summed E-state index contributed by atoms with van der Waals surface area (Å²) in [4.78, 5) is 16.4. The van der Waals surface area contributed by atoms with Gasteiger partial charge < -0.3 is 9.32 Å². The van der Waals surface area contributed by atoms with Crippen LogP contribution in [0.15, 0.2) is 4.42 Å². The molecule has 0 unspecified atom stereocenters. The van der Waals surface area contributed by atoms with E-state index in [2.05, 4.69) is 4.98 Å². The lowest BCUT2D eigenvalue weighted by Crippen LogP contribution is -2.10. The zero-order valence-electron chi connectivity index (χ0n) is 7.50. The maximum atomic E-state index is 10.4. The number of nitrogens with zero attached hydrogens (tertiary/aromatic N) is 2. The molecule has 0 radical (unpaired) electrons. The van der Waals surface area contributed by atoms with Crippen LogP contribution in [0.2, 0.25) is 0 Å². The van der Waals surface area contributed by atoms with Gasteiger partial charge in [-0.2, -0.15) is 0 Å². The molecule has 4 heteroatoms. The first-order valence-corrected chi connectivity index (χ1v) is 3.69. The molecule has 0 spiro atoms. The van der Waals surface area contributed by atoms with Crippen molar-refractivity contribution in [3.05, 3.63) is 17.3 Å². The van der Waals surface area contributed by atoms with Crippen LogP contribution in [0.4, 0.5) is 0 Å². The van der Waals surface area contributed by atoms with Crippen LogP contribution in [0.3, 0.4) is 0 Å². The molecule has 1 aromatic rings. The van der Waals surface area contributed by atoms with Crippen LogP contribution in [0.5, 0.6) is 0 Å². The number of carbonyl (C=O) groups is 1. The van der Waals surface area contributed by atoms with Crippen molar-refractivity contribution in [3.8, 4) is 0 Å². The highest BCUT2D eigenvalue weighted by Crippen LogP contribution is 2.08. The van der Waals surface area contributed by atoms with Crippen LogP contribution >= 0.6 is 0 Å². The molecule has 1 heterocycles. The third kappa shape index (κ3) is 1.92. The SMILES string of the molecule is Cc1nc(CN(C)C)oc1C=O. The lowest BCUT2D eigenvalue weighted by molar-refractivity contribution is 0.109. The molecule has 0 aliphatic carbocycles. The molecule has 0 amide bonds. The molecule has 0 fully saturated rings. The highest BCUT2D eigenvalue weighted by Gasteiger charge is 2.08. The molecule has 0 aliphatic heterocycles. The summed E-state index contributed by atoms with van der Waals surface area (Å²) in [5.41, 5.74) is 0.654. The summed E-state index contributed by atoms with van der Waals surface area (Å²) < 4.78 is 5.15. The quantitative estimate of drug-likeness (QED) is 0.628. The van der Waals surface area contributed by atoms with E-state index in [1.54, 1.807) is 6.92 Å². The molecule has 0 atom stereocenters. The minimum atomic E-state index is 0.326. The van der Waals surface area contributed by atoms with Crippen molar-refractivity contribution in [2.75, 3.05) is 14.1 Å². The fraction of sp³-hybridized carbons (Fsp3) is 0.500. The summed E-state index contributed by atoms with van der Waals surface area (Å²) in [5, 5.41) is 0. The molecular weight excluding hydrogens is 156 g/mol. The molecule has 12 heavy (non-hydrogen) atoms. The average Bonchev–Trinajstić information content (AvgIpc) is 2.29. The van der Waals surface area contributed by atoms with Gasteiger partial charge >= 0.3 is 0 Å². The molecule has 0 saturated heterocycles. The molecule has 0 saturated carbocycles. The van der Waals surface area contributed by atoms with Gasteiger partial charge in [-0.3, -0.25) is 4.79 Å². The fourth-order valence-electron chi connectivity index (χ4n) is 0.913. The van der Waals surface area contributed by atoms with Crippen molar-refractivity contribution in [2.45, 2.75) is 13.5 Å². The van der Waals surface area contributed by atoms with Crippen LogP contribution in [-0.4, -0.2) is 30.3 Å². The van der Waals surface area contributed by atoms with Crippen LogP contribution in [0, 0.1) is 6.92 Å². The maximum Gasteiger partial charge on any atom is 0.209 e. The predicted molar refractivity (Wildman–Crippen MR) is 44.0 cm³/mol. The van der Waals surface area contributed by atoms with Gasteiger partial charge in [-0.25, -0.2) is 4.98 Å². The van der Waals surface area contributed by atoms with E-state index in [0.717, 1.165) is 0 Å².